The van der Waals surface area contributed by atoms with E-state index < -0.39 is 0 Å². The van der Waals surface area contributed by atoms with Crippen molar-refractivity contribution < 1.29 is 9.47 Å². The predicted octanol–water partition coefficient (Wildman–Crippen LogP) is 1.87. The van der Waals surface area contributed by atoms with Crippen LogP contribution in [0.3, 0.4) is 0 Å². The minimum absolute atomic E-state index is 0.0258. The Morgan fingerprint density at radius 3 is 3.17 bits per heavy atom. The summed E-state index contributed by atoms with van der Waals surface area (Å²) >= 11 is 0. The summed E-state index contributed by atoms with van der Waals surface area (Å²) in [5.41, 5.74) is 1.12. The van der Waals surface area contributed by atoms with Gasteiger partial charge in [0.05, 0.1) is 13.2 Å². The average molecular weight is 329 g/mol. The first-order valence-corrected chi connectivity index (χ1v) is 8.47. The number of fused-ring (bicyclic) bond motifs is 1. The molecule has 4 heterocycles. The van der Waals surface area contributed by atoms with Crippen LogP contribution in [0.2, 0.25) is 0 Å². The van der Waals surface area contributed by atoms with Crippen molar-refractivity contribution in [2.24, 2.45) is 5.92 Å². The third kappa shape index (κ3) is 3.01. The van der Waals surface area contributed by atoms with Crippen molar-refractivity contribution in [3.63, 3.8) is 0 Å². The topological polar surface area (TPSA) is 76.2 Å². The third-order valence-electron chi connectivity index (χ3n) is 4.98. The van der Waals surface area contributed by atoms with Gasteiger partial charge < -0.3 is 9.47 Å². The molecular formula is C17H23N5O2. The molecule has 128 valence electrons. The van der Waals surface area contributed by atoms with E-state index >= 15 is 0 Å². The van der Waals surface area contributed by atoms with Crippen molar-refractivity contribution in [3.05, 3.63) is 35.5 Å². The van der Waals surface area contributed by atoms with E-state index in [1.165, 1.54) is 0 Å². The summed E-state index contributed by atoms with van der Waals surface area (Å²) in [7, 11) is 1.67. The molecule has 2 saturated heterocycles. The van der Waals surface area contributed by atoms with Gasteiger partial charge in [-0.05, 0) is 38.3 Å². The highest BCUT2D eigenvalue weighted by Gasteiger charge is 2.41. The van der Waals surface area contributed by atoms with Gasteiger partial charge in [-0.25, -0.2) is 9.97 Å². The first-order valence-electron chi connectivity index (χ1n) is 8.47. The van der Waals surface area contributed by atoms with Crippen LogP contribution in [-0.4, -0.2) is 51.4 Å². The van der Waals surface area contributed by atoms with Gasteiger partial charge in [0.15, 0.2) is 5.82 Å². The number of aryl methyl sites for hydroxylation is 1. The van der Waals surface area contributed by atoms with Crippen LogP contribution < -0.4 is 4.74 Å². The van der Waals surface area contributed by atoms with Gasteiger partial charge in [-0.2, -0.15) is 5.10 Å². The van der Waals surface area contributed by atoms with Gasteiger partial charge in [-0.15, -0.1) is 0 Å². The minimum Gasteiger partial charge on any atom is -0.481 e. The Kier molecular flexibility index (Phi) is 4.20. The number of hydrogen-bond donors (Lipinski definition) is 1. The molecule has 0 saturated carbocycles. The number of nitrogens with one attached hydrogen (secondary N) is 1. The molecule has 1 N–H and O–H groups in total. The van der Waals surface area contributed by atoms with E-state index in [0.717, 1.165) is 49.7 Å². The van der Waals surface area contributed by atoms with Gasteiger partial charge >= 0.3 is 0 Å². The highest BCUT2D eigenvalue weighted by molar-refractivity contribution is 5.25. The first kappa shape index (κ1) is 15.5. The molecule has 7 nitrogen and oxygen atoms in total. The van der Waals surface area contributed by atoms with E-state index in [9.17, 15) is 0 Å². The number of hydrogen-bond acceptors (Lipinski definition) is 6. The number of rotatable bonds is 4. The maximum Gasteiger partial charge on any atom is 0.217 e. The molecule has 7 heteroatoms. The van der Waals surface area contributed by atoms with Crippen LogP contribution in [0.5, 0.6) is 5.88 Å². The molecule has 3 atom stereocenters. The molecule has 2 aliphatic rings. The number of piperidine rings is 1. The van der Waals surface area contributed by atoms with Crippen molar-refractivity contribution >= 4 is 0 Å². The van der Waals surface area contributed by atoms with Gasteiger partial charge in [0, 0.05) is 24.8 Å². The van der Waals surface area contributed by atoms with E-state index in [2.05, 4.69) is 31.1 Å². The second-order valence-electron chi connectivity index (χ2n) is 6.63. The number of aromatic nitrogens is 4. The summed E-state index contributed by atoms with van der Waals surface area (Å²) in [6.45, 7) is 4.76. The molecule has 0 unspecified atom stereocenters. The van der Waals surface area contributed by atoms with Crippen LogP contribution in [0, 0.1) is 12.8 Å². The maximum atomic E-state index is 6.26. The van der Waals surface area contributed by atoms with Gasteiger partial charge in [0.2, 0.25) is 5.88 Å². The zero-order chi connectivity index (χ0) is 16.5. The highest BCUT2D eigenvalue weighted by Crippen LogP contribution is 2.40. The largest absolute Gasteiger partial charge is 0.481 e. The zero-order valence-corrected chi connectivity index (χ0v) is 14.1. The van der Waals surface area contributed by atoms with Crippen LogP contribution in [-0.2, 0) is 11.3 Å². The molecule has 0 bridgehead atoms. The number of H-pyrrole nitrogens is 1. The first-order chi connectivity index (χ1) is 11.7. The van der Waals surface area contributed by atoms with Crippen LogP contribution in [0.15, 0.2) is 18.3 Å². The molecule has 0 aromatic carbocycles. The van der Waals surface area contributed by atoms with E-state index in [1.54, 1.807) is 13.3 Å². The Bertz CT molecular complexity index is 704. The van der Waals surface area contributed by atoms with E-state index in [1.807, 2.05) is 13.0 Å². The van der Waals surface area contributed by atoms with E-state index in [0.29, 0.717) is 11.8 Å². The normalized spacial score (nSPS) is 27.2. The van der Waals surface area contributed by atoms with E-state index in [-0.39, 0.29) is 12.2 Å². The van der Waals surface area contributed by atoms with Crippen molar-refractivity contribution in [2.75, 3.05) is 20.2 Å². The van der Waals surface area contributed by atoms with Gasteiger partial charge in [-0.3, -0.25) is 10.00 Å². The zero-order valence-electron chi connectivity index (χ0n) is 14.1. The Hall–Kier alpha value is -1.99. The number of ether oxygens (including phenoxy) is 2. The van der Waals surface area contributed by atoms with Crippen LogP contribution in [0.1, 0.15) is 36.2 Å². The number of nitrogens with zero attached hydrogens (tertiary/aromatic N) is 4. The van der Waals surface area contributed by atoms with Gasteiger partial charge in [0.25, 0.3) is 0 Å². The summed E-state index contributed by atoms with van der Waals surface area (Å²) in [4.78, 5) is 11.1. The fraction of sp³-hybridized carbons (Fsp3) is 0.588. The van der Waals surface area contributed by atoms with E-state index in [4.69, 9.17) is 9.47 Å². The van der Waals surface area contributed by atoms with Crippen LogP contribution in [0.4, 0.5) is 0 Å². The second kappa shape index (κ2) is 6.49. The van der Waals surface area contributed by atoms with Crippen molar-refractivity contribution in [3.8, 4) is 5.88 Å². The molecule has 0 amide bonds. The lowest BCUT2D eigenvalue weighted by molar-refractivity contribution is -0.0121. The summed E-state index contributed by atoms with van der Waals surface area (Å²) in [5.74, 6) is 2.94. The Morgan fingerprint density at radius 2 is 2.38 bits per heavy atom. The molecule has 0 spiro atoms. The standard InChI is InChI=1S/C17H23N5O2/c1-11-19-16(21-20-11)14-8-12-5-7-22(10-15(12)24-14)9-13-4-3-6-18-17(13)23-2/h3-4,6,12,14-15H,5,7-10H2,1-2H3,(H,19,20,21)/t12-,14+,15+/m1/s1. The molecule has 2 aromatic rings. The molecule has 0 radical (unpaired) electrons. The summed E-state index contributed by atoms with van der Waals surface area (Å²) < 4.78 is 11.6. The van der Waals surface area contributed by atoms with Crippen LogP contribution in [0.25, 0.3) is 0 Å². The Morgan fingerprint density at radius 1 is 1.46 bits per heavy atom. The molecular weight excluding hydrogens is 306 g/mol. The molecule has 2 aromatic heterocycles. The lowest BCUT2D eigenvalue weighted by atomic mass is 9.91. The molecule has 0 aliphatic carbocycles. The number of likely N-dealkylation sites (tertiary alicyclic amines) is 1. The third-order valence-corrected chi connectivity index (χ3v) is 4.98. The fourth-order valence-corrected chi connectivity index (χ4v) is 3.78. The monoisotopic (exact) mass is 329 g/mol. The Balaban J connectivity index is 1.41. The van der Waals surface area contributed by atoms with Crippen molar-refractivity contribution in [1.29, 1.82) is 0 Å². The highest BCUT2D eigenvalue weighted by atomic mass is 16.5. The Labute approximate surface area is 141 Å². The summed E-state index contributed by atoms with van der Waals surface area (Å²) in [5, 5.41) is 7.17. The number of pyridine rings is 1. The van der Waals surface area contributed by atoms with Crippen LogP contribution >= 0.6 is 0 Å². The quantitative estimate of drug-likeness (QED) is 0.923. The smallest absolute Gasteiger partial charge is 0.217 e. The van der Waals surface area contributed by atoms with Crippen molar-refractivity contribution in [2.45, 2.75) is 38.5 Å². The maximum absolute atomic E-state index is 6.26. The lowest BCUT2D eigenvalue weighted by Gasteiger charge is -2.34. The summed E-state index contributed by atoms with van der Waals surface area (Å²) in [6, 6.07) is 4.03. The fourth-order valence-electron chi connectivity index (χ4n) is 3.78. The second-order valence-corrected chi connectivity index (χ2v) is 6.63. The number of aromatic amines is 1. The molecule has 2 fully saturated rings. The SMILES string of the molecule is COc1ncccc1CN1CC[C@@H]2C[C@@H](c3n[nH]c(C)n3)O[C@H]2C1. The molecule has 24 heavy (non-hydrogen) atoms. The molecule has 4 rings (SSSR count). The van der Waals surface area contributed by atoms with Crippen molar-refractivity contribution in [1.82, 2.24) is 25.1 Å². The van der Waals surface area contributed by atoms with Gasteiger partial charge in [-0.1, -0.05) is 6.07 Å². The van der Waals surface area contributed by atoms with Gasteiger partial charge in [0.1, 0.15) is 11.9 Å². The summed E-state index contributed by atoms with van der Waals surface area (Å²) in [6.07, 6.45) is 4.21. The lowest BCUT2D eigenvalue weighted by Crippen LogP contribution is -2.41. The number of methoxy groups -OCH3 is 1. The average Bonchev–Trinajstić information content (AvgIpc) is 3.21. The molecule has 2 aliphatic heterocycles. The predicted molar refractivity (Wildman–Crippen MR) is 87.5 cm³/mol. The minimum atomic E-state index is 0.0258.